The van der Waals surface area contributed by atoms with Gasteiger partial charge in [0.2, 0.25) is 12.0 Å². The van der Waals surface area contributed by atoms with Crippen LogP contribution in [0.3, 0.4) is 0 Å². The molecule has 0 aliphatic carbocycles. The van der Waals surface area contributed by atoms with Crippen molar-refractivity contribution >= 4 is 75.5 Å². The summed E-state index contributed by atoms with van der Waals surface area (Å²) in [4.78, 5) is 50.4. The molecule has 0 spiro atoms. The van der Waals surface area contributed by atoms with E-state index in [9.17, 15) is 186 Å². The van der Waals surface area contributed by atoms with E-state index in [1.807, 2.05) is 0 Å². The predicted molar refractivity (Wildman–Crippen MR) is 325 cm³/mol. The number of nitrogens with one attached hydrogen (secondary N) is 4. The zero-order chi connectivity index (χ0) is 84.0. The van der Waals surface area contributed by atoms with Gasteiger partial charge < -0.3 is 173 Å². The van der Waals surface area contributed by atoms with Crippen LogP contribution in [0, 0.1) is 0 Å². The predicted octanol–water partition coefficient (Wildman–Crippen LogP) is -19.5. The second kappa shape index (κ2) is 36.8. The summed E-state index contributed by atoms with van der Waals surface area (Å²) in [6.07, 6.45) is -88.2. The van der Waals surface area contributed by atoms with Crippen molar-refractivity contribution in [2.45, 2.75) is 233 Å². The zero-order valence-corrected chi connectivity index (χ0v) is 59.4. The Hall–Kier alpha value is -4.43. The van der Waals surface area contributed by atoms with Crippen molar-refractivity contribution in [2.24, 2.45) is 0 Å². The first-order chi connectivity index (χ1) is 51.7. The number of carboxylic acids is 4. The maximum absolute atomic E-state index is 13.1. The van der Waals surface area contributed by atoms with Crippen LogP contribution < -0.4 is 18.9 Å². The minimum atomic E-state index is -5.88. The molecule has 112 heavy (non-hydrogen) atoms. The van der Waals surface area contributed by atoms with Crippen LogP contribution in [-0.2, 0) is 146 Å². The highest BCUT2D eigenvalue weighted by molar-refractivity contribution is 7.84. The second-order valence-electron chi connectivity index (χ2n) is 25.1. The van der Waals surface area contributed by atoms with E-state index in [1.54, 1.807) is 0 Å². The number of rotatable bonds is 32. The molecule has 0 radical (unpaired) electrons. The van der Waals surface area contributed by atoms with E-state index < -0.39 is 341 Å². The van der Waals surface area contributed by atoms with Crippen molar-refractivity contribution in [3.05, 3.63) is 11.8 Å². The lowest BCUT2D eigenvalue weighted by Crippen LogP contribution is -2.71. The van der Waals surface area contributed by atoms with Gasteiger partial charge in [-0.2, -0.15) is 61.0 Å². The molecule has 59 nitrogen and oxygen atoms in total. The monoisotopic (exact) mass is 1750 g/mol. The number of carbonyl (C=O) groups is 4. The Kier molecular flexibility index (Phi) is 30.6. The summed E-state index contributed by atoms with van der Waals surface area (Å²) in [5, 5.41) is 217. The molecule has 648 valence electrons. The van der Waals surface area contributed by atoms with Crippen molar-refractivity contribution in [2.75, 3.05) is 26.4 Å². The number of aliphatic hydroxyl groups is 16. The minimum Gasteiger partial charge on any atom is -0.479 e. The molecule has 8 rings (SSSR count). The Balaban J connectivity index is 1.01. The molecule has 0 aromatic rings. The highest BCUT2D eigenvalue weighted by Gasteiger charge is 2.62. The molecule has 29 N–H and O–H groups in total. The minimum absolute atomic E-state index is 0.498. The fraction of sp³-hybridized carbons (Fsp3) is 0.875. The number of hydrogen-bond acceptors (Lipinski definition) is 46. The van der Waals surface area contributed by atoms with E-state index in [0.717, 1.165) is 0 Å². The Bertz CT molecular complexity index is 3890. The number of aliphatic carboxylic acids is 4. The molecule has 38 atom stereocenters. The maximum Gasteiger partial charge on any atom is 0.397 e. The van der Waals surface area contributed by atoms with Crippen molar-refractivity contribution in [1.82, 2.24) is 18.9 Å². The summed E-state index contributed by atoms with van der Waals surface area (Å²) in [6.45, 7) is -5.86. The second-order valence-corrected chi connectivity index (χ2v) is 31.0. The molecule has 7 fully saturated rings. The van der Waals surface area contributed by atoms with Gasteiger partial charge in [0.05, 0.1) is 26.4 Å². The van der Waals surface area contributed by atoms with Gasteiger partial charge in [0.1, 0.15) is 165 Å². The van der Waals surface area contributed by atoms with Gasteiger partial charge in [0.15, 0.2) is 62.3 Å². The molecule has 0 aromatic heterocycles. The summed E-state index contributed by atoms with van der Waals surface area (Å²) in [5.74, 6) is -9.75. The van der Waals surface area contributed by atoms with Crippen LogP contribution in [0.4, 0.5) is 0 Å². The van der Waals surface area contributed by atoms with Gasteiger partial charge in [-0.1, -0.05) is 0 Å². The first kappa shape index (κ1) is 93.1. The quantitative estimate of drug-likeness (QED) is 0.0278. The summed E-state index contributed by atoms with van der Waals surface area (Å²) in [7, 11) is -28.3. The van der Waals surface area contributed by atoms with E-state index in [4.69, 9.17) is 71.1 Å². The van der Waals surface area contributed by atoms with Gasteiger partial charge >= 0.3 is 75.5 Å². The third-order valence-electron chi connectivity index (χ3n) is 17.6. The lowest BCUT2D eigenvalue weighted by atomic mass is 9.94. The van der Waals surface area contributed by atoms with Crippen molar-refractivity contribution < 1.29 is 261 Å². The molecule has 0 aromatic carbocycles. The summed E-state index contributed by atoms with van der Waals surface area (Å²) in [6, 6.07) is -10.4. The van der Waals surface area contributed by atoms with Crippen LogP contribution in [0.1, 0.15) is 0 Å². The van der Waals surface area contributed by atoms with E-state index >= 15 is 0 Å². The van der Waals surface area contributed by atoms with Crippen LogP contribution in [-0.4, -0.2) is 450 Å². The lowest BCUT2D eigenvalue weighted by Gasteiger charge is -2.50. The number of carboxylic acid groups (broad SMARTS) is 4. The Labute approximate surface area is 625 Å². The molecule has 7 saturated heterocycles. The van der Waals surface area contributed by atoms with Crippen LogP contribution in [0.2, 0.25) is 0 Å². The van der Waals surface area contributed by atoms with E-state index in [1.165, 1.54) is 18.9 Å². The van der Waals surface area contributed by atoms with Crippen LogP contribution in [0.5, 0.6) is 0 Å². The van der Waals surface area contributed by atoms with Gasteiger partial charge in [0, 0.05) is 0 Å². The van der Waals surface area contributed by atoms with Gasteiger partial charge in [-0.15, -0.1) is 0 Å². The molecule has 15 unspecified atom stereocenters. The standard InChI is InChI=1S/C48H76N4O55S5/c53-2-8-27(17(58)12(41(76)93-8)49-108(77,78)79)99-46-24(65)21(62)31(34(105-46)38(70)71)102-43-14(51-110(83,84)85)19(60)29(10(4-55)96-43)100-47-25(66)22(63)33(36(106-47)40(74)75)104-44-15(52-111(86,87)88)20(61)30(11(97-44)5-92-112(89,90)91)101-48-26(67)23(64)32(35(107-48)39(72)73)103-42-13(50-109(80,81)82)18(59)28(9(3-54)95-42)98-45-16(57)6(56)1-7(94-45)37(68)69/h1,6,8-36,41-67,76H,2-5H2,(H,68,69)(H,70,71)(H,72,73)(H,74,75)(H,77,78,79)(H,80,81,82)(H,83,84,85)(H,86,87,88)(H,89,90,91)/t6-,8+,9+,10+,11+,12+,13+,14+,15+,16+,17+,18+,19+,20+,21?,22?,23?,24?,25?,26?,27+,28+,29+,30+,31?,32?,33?,34?,35?,36?,41-,42+,43+,44+,45-,46?,47?,48?/m0/s1. The highest BCUT2D eigenvalue weighted by Crippen LogP contribution is 2.40. The summed E-state index contributed by atoms with van der Waals surface area (Å²) >= 11 is 0. The fourth-order valence-corrected chi connectivity index (χ4v) is 15.2. The van der Waals surface area contributed by atoms with Gasteiger partial charge in [-0.25, -0.2) is 23.4 Å². The maximum atomic E-state index is 13.1. The van der Waals surface area contributed by atoms with Crippen molar-refractivity contribution in [3.8, 4) is 0 Å². The SMILES string of the molecule is O=C(O)C1=C[C@H](O)[C@@H](O)[C@H](O[C@H]2[C@H](O)[C@@H](NS(=O)(=O)O)[C@@H](OC3C(C(=O)O)OC(O[C@H]4[C@H](O)[C@@H](NS(=O)(=O)O)[C@@H](OC5C(C(=O)O)OC(O[C@H]6[C@H](O)[C@@H](NS(=O)(=O)O)[C@@H](OC7C(C(=O)O)OC(O[C@H]8[C@H](O)[C@@H](NS(=O)(=O)O)[C@@H](O)O[C@@H]8CO)C(O)C7O)O[C@@H]6CO)C(O)C5O)O[C@@H]4COS(=O)(=O)O)C(O)C3O)O[C@@H]2CO)O1. The van der Waals surface area contributed by atoms with E-state index in [-0.39, 0.29) is 0 Å². The Morgan fingerprint density at radius 3 is 0.911 bits per heavy atom. The summed E-state index contributed by atoms with van der Waals surface area (Å²) < 4.78 is 261. The Morgan fingerprint density at radius 1 is 0.339 bits per heavy atom. The van der Waals surface area contributed by atoms with Crippen molar-refractivity contribution in [3.63, 3.8) is 0 Å². The fourth-order valence-electron chi connectivity index (χ4n) is 12.5. The normalized spacial score (nSPS) is 44.1. The smallest absolute Gasteiger partial charge is 0.397 e. The topological polar surface area (TPSA) is 941 Å². The van der Waals surface area contributed by atoms with E-state index in [2.05, 4.69) is 4.18 Å². The molecule has 0 saturated carbocycles. The molecule has 0 amide bonds. The highest BCUT2D eigenvalue weighted by atomic mass is 32.3. The average Bonchev–Trinajstić information content (AvgIpc) is 0.760. The van der Waals surface area contributed by atoms with E-state index in [0.29, 0.717) is 6.08 Å². The molecular formula is C48H76N4O55S5. The summed E-state index contributed by atoms with van der Waals surface area (Å²) in [5.41, 5.74) is 0. The lowest BCUT2D eigenvalue weighted by molar-refractivity contribution is -0.381. The van der Waals surface area contributed by atoms with Crippen LogP contribution >= 0.6 is 0 Å². The molecule has 64 heteroatoms. The largest absolute Gasteiger partial charge is 0.479 e. The molecule has 0 bridgehead atoms. The molecule has 8 aliphatic rings. The third-order valence-corrected chi connectivity index (χ3v) is 20.3. The molecule has 8 heterocycles. The molecule has 8 aliphatic heterocycles. The molecular weight excluding hydrogens is 1670 g/mol. The van der Waals surface area contributed by atoms with Gasteiger partial charge in [0.25, 0.3) is 0 Å². The number of aliphatic hydroxyl groups excluding tert-OH is 16. The third kappa shape index (κ3) is 22.3. The Morgan fingerprint density at radius 2 is 0.616 bits per heavy atom. The first-order valence-electron chi connectivity index (χ1n) is 31.4. The van der Waals surface area contributed by atoms with Crippen LogP contribution in [0.25, 0.3) is 0 Å². The first-order valence-corrected chi connectivity index (χ1v) is 38.6. The van der Waals surface area contributed by atoms with Crippen molar-refractivity contribution in [1.29, 1.82) is 0 Å². The van der Waals surface area contributed by atoms with Crippen LogP contribution in [0.15, 0.2) is 11.8 Å². The zero-order valence-electron chi connectivity index (χ0n) is 55.3. The van der Waals surface area contributed by atoms with Gasteiger partial charge in [-0.3, -0.25) is 22.8 Å². The number of hydrogen-bond donors (Lipinski definition) is 29. The number of ether oxygens (including phenoxy) is 15. The average molecular weight is 1750 g/mol. The van der Waals surface area contributed by atoms with Gasteiger partial charge in [-0.05, 0) is 6.08 Å².